The molecule has 1 atom stereocenters. The van der Waals surface area contributed by atoms with Crippen LogP contribution in [0.25, 0.3) is 11.0 Å². The lowest BCUT2D eigenvalue weighted by molar-refractivity contribution is -0.137. The van der Waals surface area contributed by atoms with Gasteiger partial charge in [0.2, 0.25) is 10.0 Å². The third-order valence-electron chi connectivity index (χ3n) is 9.68. The van der Waals surface area contributed by atoms with Crippen LogP contribution < -0.4 is 4.90 Å². The van der Waals surface area contributed by atoms with Crippen LogP contribution in [0.15, 0.2) is 53.6 Å². The number of hydrogen-bond donors (Lipinski definition) is 1. The van der Waals surface area contributed by atoms with Crippen molar-refractivity contribution in [1.82, 2.24) is 24.3 Å². The van der Waals surface area contributed by atoms with Gasteiger partial charge in [-0.15, -0.1) is 5.10 Å². The lowest BCUT2D eigenvalue weighted by Crippen LogP contribution is -2.43. The van der Waals surface area contributed by atoms with E-state index in [-0.39, 0.29) is 23.4 Å². The predicted molar refractivity (Wildman–Crippen MR) is 162 cm³/mol. The number of aryl methyl sites for hydroxylation is 2. The fourth-order valence-electron chi connectivity index (χ4n) is 6.59. The molecule has 0 unspecified atom stereocenters. The highest BCUT2D eigenvalue weighted by molar-refractivity contribution is 7.89. The summed E-state index contributed by atoms with van der Waals surface area (Å²) < 4.78 is 31.5. The molecule has 1 spiro atoms. The Morgan fingerprint density at radius 2 is 1.93 bits per heavy atom. The van der Waals surface area contributed by atoms with E-state index in [0.717, 1.165) is 58.2 Å². The van der Waals surface area contributed by atoms with E-state index in [2.05, 4.69) is 15.3 Å². The van der Waals surface area contributed by atoms with Crippen molar-refractivity contribution in [2.75, 3.05) is 18.5 Å². The topological polar surface area (TPSA) is 122 Å². The molecule has 224 valence electrons. The van der Waals surface area contributed by atoms with Crippen LogP contribution >= 0.6 is 0 Å². The van der Waals surface area contributed by atoms with Crippen LogP contribution in [0.1, 0.15) is 65.8 Å². The highest BCUT2D eigenvalue weighted by atomic mass is 32.2. The minimum absolute atomic E-state index is 0.0972. The third-order valence-corrected chi connectivity index (χ3v) is 11.5. The summed E-state index contributed by atoms with van der Waals surface area (Å²) in [7, 11) is -1.88. The van der Waals surface area contributed by atoms with Crippen LogP contribution in [-0.4, -0.2) is 62.9 Å². The molecule has 0 bridgehead atoms. The standard InChI is InChI=1S/C32H36N6O4S/c1-20-6-9-23(26(16-29(39)40)25-10-11-27-30(21(25)2)34-35-38(27)17-22-7-8-22)15-24(20)18-37-19-32(12-13-32)36(3)31-28(43(37,41)42)5-4-14-33-31/h4-6,9-11,14-15,22,26H,7-8,12-13,16-19H2,1-3H3,(H,39,40)/t26-/m0/s1. The third kappa shape index (κ3) is 4.88. The summed E-state index contributed by atoms with van der Waals surface area (Å²) in [5, 5.41) is 18.8. The van der Waals surface area contributed by atoms with Gasteiger partial charge in [-0.05, 0) is 91.5 Å². The SMILES string of the molecule is Cc1ccc([C@H](CC(=O)O)c2ccc3c(nnn3CC3CC3)c2C)cc1CN1CC2(CC2)N(C)c2ncccc2S1(=O)=O. The molecule has 10 nitrogen and oxygen atoms in total. The van der Waals surface area contributed by atoms with Gasteiger partial charge in [0.05, 0.1) is 17.5 Å². The summed E-state index contributed by atoms with van der Waals surface area (Å²) in [5.74, 6) is -0.179. The van der Waals surface area contributed by atoms with Gasteiger partial charge >= 0.3 is 5.97 Å². The van der Waals surface area contributed by atoms with Crippen LogP contribution in [-0.2, 0) is 27.9 Å². The summed E-state index contributed by atoms with van der Waals surface area (Å²) in [6.07, 6.45) is 5.78. The van der Waals surface area contributed by atoms with Crippen molar-refractivity contribution in [3.8, 4) is 0 Å². The minimum atomic E-state index is -3.82. The molecular formula is C32H36N6O4S. The van der Waals surface area contributed by atoms with Crippen molar-refractivity contribution < 1.29 is 18.3 Å². The van der Waals surface area contributed by atoms with Crippen LogP contribution in [0.3, 0.4) is 0 Å². The van der Waals surface area contributed by atoms with Crippen LogP contribution in [0.2, 0.25) is 0 Å². The highest BCUT2D eigenvalue weighted by Gasteiger charge is 2.53. The largest absolute Gasteiger partial charge is 0.481 e. The molecule has 7 rings (SSSR count). The lowest BCUT2D eigenvalue weighted by atomic mass is 9.84. The highest BCUT2D eigenvalue weighted by Crippen LogP contribution is 2.48. The zero-order valence-electron chi connectivity index (χ0n) is 24.7. The van der Waals surface area contributed by atoms with Gasteiger partial charge in [0.15, 0.2) is 0 Å². The zero-order chi connectivity index (χ0) is 30.1. The van der Waals surface area contributed by atoms with E-state index in [4.69, 9.17) is 0 Å². The Morgan fingerprint density at radius 3 is 2.65 bits per heavy atom. The number of sulfonamides is 1. The van der Waals surface area contributed by atoms with Crippen LogP contribution in [0, 0.1) is 19.8 Å². The zero-order valence-corrected chi connectivity index (χ0v) is 25.5. The molecule has 3 heterocycles. The number of anilines is 1. The average Bonchev–Trinajstić information content (AvgIpc) is 3.91. The molecule has 43 heavy (non-hydrogen) atoms. The van der Waals surface area contributed by atoms with Crippen LogP contribution in [0.5, 0.6) is 0 Å². The number of hydrogen-bond acceptors (Lipinski definition) is 7. The molecule has 0 radical (unpaired) electrons. The number of carboxylic acid groups (broad SMARTS) is 1. The van der Waals surface area contributed by atoms with Crippen molar-refractivity contribution in [3.63, 3.8) is 0 Å². The van der Waals surface area contributed by atoms with Gasteiger partial charge in [0.1, 0.15) is 16.2 Å². The van der Waals surface area contributed by atoms with Gasteiger partial charge < -0.3 is 10.0 Å². The molecule has 1 N–H and O–H groups in total. The molecule has 0 saturated heterocycles. The number of pyridine rings is 1. The van der Waals surface area contributed by atoms with E-state index >= 15 is 0 Å². The van der Waals surface area contributed by atoms with Gasteiger partial charge in [-0.3, -0.25) is 4.79 Å². The minimum Gasteiger partial charge on any atom is -0.481 e. The Balaban J connectivity index is 1.26. The number of likely N-dealkylation sites (N-methyl/N-ethyl adjacent to an activating group) is 1. The predicted octanol–water partition coefficient (Wildman–Crippen LogP) is 4.63. The first-order chi connectivity index (χ1) is 20.6. The Bertz CT molecular complexity index is 1860. The molecule has 2 aromatic heterocycles. The molecule has 3 aliphatic rings. The van der Waals surface area contributed by atoms with Crippen molar-refractivity contribution in [1.29, 1.82) is 0 Å². The molecule has 2 saturated carbocycles. The smallest absolute Gasteiger partial charge is 0.304 e. The summed E-state index contributed by atoms with van der Waals surface area (Å²) in [5.41, 5.74) is 5.95. The number of aliphatic carboxylic acids is 1. The number of aromatic nitrogens is 4. The monoisotopic (exact) mass is 600 g/mol. The number of carbonyl (C=O) groups is 1. The van der Waals surface area contributed by atoms with Crippen molar-refractivity contribution >= 4 is 32.8 Å². The molecule has 2 aliphatic carbocycles. The van der Waals surface area contributed by atoms with E-state index in [1.807, 2.05) is 60.8 Å². The van der Waals surface area contributed by atoms with Crippen LogP contribution in [0.4, 0.5) is 5.82 Å². The molecule has 0 amide bonds. The Kier molecular flexibility index (Phi) is 6.59. The Morgan fingerprint density at radius 1 is 1.14 bits per heavy atom. The summed E-state index contributed by atoms with van der Waals surface area (Å²) in [6.45, 7) is 5.38. The number of carboxylic acids is 1. The first-order valence-electron chi connectivity index (χ1n) is 14.9. The summed E-state index contributed by atoms with van der Waals surface area (Å²) >= 11 is 0. The fourth-order valence-corrected chi connectivity index (χ4v) is 8.26. The number of rotatable bonds is 8. The van der Waals surface area contributed by atoms with Gasteiger partial charge in [-0.2, -0.15) is 4.31 Å². The second-order valence-corrected chi connectivity index (χ2v) is 14.5. The van der Waals surface area contributed by atoms with Gasteiger partial charge in [-0.25, -0.2) is 18.1 Å². The normalized spacial score (nSPS) is 19.7. The van der Waals surface area contributed by atoms with E-state index in [9.17, 15) is 18.3 Å². The molecule has 11 heteroatoms. The fraction of sp³-hybridized carbons (Fsp3) is 0.438. The maximum atomic E-state index is 14.0. The second kappa shape index (κ2) is 10.1. The first-order valence-corrected chi connectivity index (χ1v) is 16.3. The molecular weight excluding hydrogens is 564 g/mol. The molecule has 2 aromatic carbocycles. The Labute approximate surface area is 251 Å². The summed E-state index contributed by atoms with van der Waals surface area (Å²) in [6, 6.07) is 13.2. The lowest BCUT2D eigenvalue weighted by Gasteiger charge is -2.29. The maximum Gasteiger partial charge on any atom is 0.304 e. The quantitative estimate of drug-likeness (QED) is 0.311. The van der Waals surface area contributed by atoms with E-state index < -0.39 is 21.9 Å². The average molecular weight is 601 g/mol. The van der Waals surface area contributed by atoms with Gasteiger partial charge in [0, 0.05) is 38.8 Å². The van der Waals surface area contributed by atoms with Gasteiger partial charge in [0.25, 0.3) is 0 Å². The number of nitrogens with zero attached hydrogens (tertiary/aromatic N) is 6. The van der Waals surface area contributed by atoms with E-state index in [1.54, 1.807) is 22.6 Å². The number of fused-ring (bicyclic) bond motifs is 2. The second-order valence-electron chi connectivity index (χ2n) is 12.6. The van der Waals surface area contributed by atoms with Crippen molar-refractivity contribution in [2.24, 2.45) is 5.92 Å². The molecule has 2 fully saturated rings. The maximum absolute atomic E-state index is 14.0. The van der Waals surface area contributed by atoms with E-state index in [0.29, 0.717) is 18.3 Å². The van der Waals surface area contributed by atoms with Gasteiger partial charge in [-0.1, -0.05) is 29.5 Å². The number of benzene rings is 2. The van der Waals surface area contributed by atoms with E-state index in [1.165, 1.54) is 12.8 Å². The summed E-state index contributed by atoms with van der Waals surface area (Å²) in [4.78, 5) is 18.9. The first kappa shape index (κ1) is 28.0. The van der Waals surface area contributed by atoms with Crippen molar-refractivity contribution in [2.45, 2.75) is 75.4 Å². The molecule has 4 aromatic rings. The Hall–Kier alpha value is -3.83. The van der Waals surface area contributed by atoms with Crippen molar-refractivity contribution in [3.05, 3.63) is 76.5 Å². The molecule has 1 aliphatic heterocycles.